The number of hydrogen-bond donors (Lipinski definition) is 0. The number of halogens is 2. The van der Waals surface area contributed by atoms with Gasteiger partial charge in [-0.3, -0.25) is 9.69 Å². The molecule has 2 aliphatic heterocycles. The van der Waals surface area contributed by atoms with Crippen molar-refractivity contribution in [2.45, 2.75) is 24.8 Å². The van der Waals surface area contributed by atoms with Crippen LogP contribution in [0.5, 0.6) is 0 Å². The molecule has 0 aliphatic carbocycles. The van der Waals surface area contributed by atoms with E-state index in [1.165, 1.54) is 11.6 Å². The standard InChI is InChI=1S/C23H24F2N2O/c1-2-11-26-12-9-23(10-13-26)16-27(15-17-5-3-4-6-20(17)23)22(28)19-8-7-18(24)14-21(19)25/h2-8,14H,1,9-13,15-16H2. The average molecular weight is 382 g/mol. The second kappa shape index (κ2) is 7.47. The van der Waals surface area contributed by atoms with E-state index in [0.29, 0.717) is 13.1 Å². The van der Waals surface area contributed by atoms with E-state index in [1.54, 1.807) is 4.90 Å². The quantitative estimate of drug-likeness (QED) is 0.745. The molecule has 28 heavy (non-hydrogen) atoms. The highest BCUT2D eigenvalue weighted by atomic mass is 19.1. The summed E-state index contributed by atoms with van der Waals surface area (Å²) < 4.78 is 27.5. The number of hydrogen-bond acceptors (Lipinski definition) is 2. The molecule has 0 unspecified atom stereocenters. The first-order valence-electron chi connectivity index (χ1n) is 9.68. The minimum Gasteiger partial charge on any atom is -0.333 e. The molecule has 0 atom stereocenters. The van der Waals surface area contributed by atoms with E-state index < -0.39 is 11.6 Å². The third-order valence-corrected chi connectivity index (χ3v) is 6.09. The van der Waals surface area contributed by atoms with Gasteiger partial charge in [0, 0.05) is 31.1 Å². The number of likely N-dealkylation sites (tertiary alicyclic amines) is 1. The van der Waals surface area contributed by atoms with Crippen LogP contribution in [0.25, 0.3) is 0 Å². The van der Waals surface area contributed by atoms with E-state index in [1.807, 2.05) is 24.3 Å². The first kappa shape index (κ1) is 18.8. The summed E-state index contributed by atoms with van der Waals surface area (Å²) in [4.78, 5) is 17.2. The third kappa shape index (κ3) is 3.35. The predicted molar refractivity (Wildman–Crippen MR) is 105 cm³/mol. The molecule has 2 aromatic carbocycles. The van der Waals surface area contributed by atoms with E-state index in [4.69, 9.17) is 0 Å². The number of rotatable bonds is 3. The number of carbonyl (C=O) groups is 1. The van der Waals surface area contributed by atoms with Crippen LogP contribution in [0.2, 0.25) is 0 Å². The van der Waals surface area contributed by atoms with Gasteiger partial charge in [0.15, 0.2) is 0 Å². The van der Waals surface area contributed by atoms with Gasteiger partial charge in [-0.05, 0) is 49.2 Å². The summed E-state index contributed by atoms with van der Waals surface area (Å²) in [5.74, 6) is -1.86. The molecule has 0 bridgehead atoms. The maximum absolute atomic E-state index is 14.2. The van der Waals surface area contributed by atoms with Gasteiger partial charge in [0.25, 0.3) is 5.91 Å². The molecule has 1 spiro atoms. The Kier molecular flexibility index (Phi) is 5.02. The van der Waals surface area contributed by atoms with Crippen LogP contribution in [-0.4, -0.2) is 41.9 Å². The molecule has 146 valence electrons. The van der Waals surface area contributed by atoms with E-state index >= 15 is 0 Å². The summed E-state index contributed by atoms with van der Waals surface area (Å²) >= 11 is 0. The van der Waals surface area contributed by atoms with Gasteiger partial charge in [-0.25, -0.2) is 8.78 Å². The highest BCUT2D eigenvalue weighted by Gasteiger charge is 2.43. The van der Waals surface area contributed by atoms with Crippen LogP contribution < -0.4 is 0 Å². The largest absolute Gasteiger partial charge is 0.333 e. The van der Waals surface area contributed by atoms with Crippen LogP contribution in [0, 0.1) is 11.6 Å². The number of carbonyl (C=O) groups excluding carboxylic acids is 1. The van der Waals surface area contributed by atoms with Crippen molar-refractivity contribution in [2.24, 2.45) is 0 Å². The lowest BCUT2D eigenvalue weighted by Crippen LogP contribution is -2.53. The van der Waals surface area contributed by atoms with Gasteiger partial charge in [0.2, 0.25) is 0 Å². The molecule has 0 N–H and O–H groups in total. The first-order valence-corrected chi connectivity index (χ1v) is 9.68. The van der Waals surface area contributed by atoms with Gasteiger partial charge in [-0.2, -0.15) is 0 Å². The molecule has 0 aromatic heterocycles. The van der Waals surface area contributed by atoms with Crippen molar-refractivity contribution in [2.75, 3.05) is 26.2 Å². The van der Waals surface area contributed by atoms with Crippen LogP contribution >= 0.6 is 0 Å². The fourth-order valence-corrected chi connectivity index (χ4v) is 4.64. The van der Waals surface area contributed by atoms with Gasteiger partial charge in [0.05, 0.1) is 5.56 Å². The second-order valence-corrected chi connectivity index (χ2v) is 7.81. The summed E-state index contributed by atoms with van der Waals surface area (Å²) in [6, 6.07) is 11.4. The van der Waals surface area contributed by atoms with Crippen molar-refractivity contribution in [3.05, 3.63) is 83.4 Å². The minimum atomic E-state index is -0.807. The fraction of sp³-hybridized carbons (Fsp3) is 0.348. The Morgan fingerprint density at radius 1 is 1.14 bits per heavy atom. The highest BCUT2D eigenvalue weighted by molar-refractivity contribution is 5.94. The van der Waals surface area contributed by atoms with Crippen LogP contribution in [-0.2, 0) is 12.0 Å². The molecule has 0 saturated carbocycles. The second-order valence-electron chi connectivity index (χ2n) is 7.81. The Morgan fingerprint density at radius 2 is 1.89 bits per heavy atom. The highest BCUT2D eigenvalue weighted by Crippen LogP contribution is 2.42. The predicted octanol–water partition coefficient (Wildman–Crippen LogP) is 4.14. The van der Waals surface area contributed by atoms with Crippen molar-refractivity contribution < 1.29 is 13.6 Å². The molecule has 1 amide bonds. The molecule has 2 heterocycles. The molecule has 1 fully saturated rings. The van der Waals surface area contributed by atoms with Crippen molar-refractivity contribution in [3.63, 3.8) is 0 Å². The number of amides is 1. The van der Waals surface area contributed by atoms with Gasteiger partial charge < -0.3 is 4.90 Å². The zero-order chi connectivity index (χ0) is 19.7. The Hall–Kier alpha value is -2.53. The normalized spacial score (nSPS) is 18.7. The molecule has 2 aromatic rings. The van der Waals surface area contributed by atoms with Crippen molar-refractivity contribution in [3.8, 4) is 0 Å². The Morgan fingerprint density at radius 3 is 2.61 bits per heavy atom. The van der Waals surface area contributed by atoms with Gasteiger partial charge in [-0.15, -0.1) is 6.58 Å². The summed E-state index contributed by atoms with van der Waals surface area (Å²) in [7, 11) is 0. The van der Waals surface area contributed by atoms with Crippen LogP contribution in [0.15, 0.2) is 55.1 Å². The molecule has 2 aliphatic rings. The molecule has 5 heteroatoms. The lowest BCUT2D eigenvalue weighted by Gasteiger charge is -2.48. The SMILES string of the molecule is C=CCN1CCC2(CC1)CN(C(=O)c1ccc(F)cc1F)Cc1ccccc12. The first-order chi connectivity index (χ1) is 13.5. The molecular weight excluding hydrogens is 358 g/mol. The summed E-state index contributed by atoms with van der Waals surface area (Å²) in [5, 5.41) is 0. The van der Waals surface area contributed by atoms with Crippen molar-refractivity contribution >= 4 is 5.91 Å². The zero-order valence-corrected chi connectivity index (χ0v) is 15.8. The van der Waals surface area contributed by atoms with Crippen LogP contribution in [0.3, 0.4) is 0 Å². The molecule has 3 nitrogen and oxygen atoms in total. The number of nitrogens with zero attached hydrogens (tertiary/aromatic N) is 2. The Balaban J connectivity index is 1.65. The third-order valence-electron chi connectivity index (χ3n) is 6.09. The van der Waals surface area contributed by atoms with Crippen molar-refractivity contribution in [1.82, 2.24) is 9.80 Å². The van der Waals surface area contributed by atoms with E-state index in [9.17, 15) is 13.6 Å². The number of benzene rings is 2. The van der Waals surface area contributed by atoms with Gasteiger partial charge in [-0.1, -0.05) is 30.3 Å². The van der Waals surface area contributed by atoms with E-state index in [-0.39, 0.29) is 16.9 Å². The summed E-state index contributed by atoms with van der Waals surface area (Å²) in [5.41, 5.74) is 2.22. The molecular formula is C23H24F2N2O. The van der Waals surface area contributed by atoms with E-state index in [0.717, 1.165) is 50.2 Å². The molecule has 4 rings (SSSR count). The average Bonchev–Trinajstić information content (AvgIpc) is 2.69. The molecule has 1 saturated heterocycles. The lowest BCUT2D eigenvalue weighted by atomic mass is 9.68. The maximum Gasteiger partial charge on any atom is 0.257 e. The maximum atomic E-state index is 14.2. The van der Waals surface area contributed by atoms with Crippen LogP contribution in [0.1, 0.15) is 34.3 Å². The van der Waals surface area contributed by atoms with Crippen LogP contribution in [0.4, 0.5) is 8.78 Å². The van der Waals surface area contributed by atoms with Gasteiger partial charge >= 0.3 is 0 Å². The van der Waals surface area contributed by atoms with Crippen molar-refractivity contribution in [1.29, 1.82) is 0 Å². The Bertz CT molecular complexity index is 903. The van der Waals surface area contributed by atoms with Gasteiger partial charge in [0.1, 0.15) is 11.6 Å². The smallest absolute Gasteiger partial charge is 0.257 e. The monoisotopic (exact) mass is 382 g/mol. The summed E-state index contributed by atoms with van der Waals surface area (Å²) in [6.45, 7) is 7.56. The summed E-state index contributed by atoms with van der Waals surface area (Å²) in [6.07, 6.45) is 3.79. The zero-order valence-electron chi connectivity index (χ0n) is 15.8. The topological polar surface area (TPSA) is 23.6 Å². The van der Waals surface area contributed by atoms with E-state index in [2.05, 4.69) is 17.5 Å². The lowest BCUT2D eigenvalue weighted by molar-refractivity contribution is 0.0584. The number of piperidine rings is 1. The number of fused-ring (bicyclic) bond motifs is 2. The molecule has 0 radical (unpaired) electrons. The minimum absolute atomic E-state index is 0.0694. The Labute approximate surface area is 164 Å². The fourth-order valence-electron chi connectivity index (χ4n) is 4.64.